The summed E-state index contributed by atoms with van der Waals surface area (Å²) in [7, 11) is 1.35. The Hall–Kier alpha value is -3.10. The van der Waals surface area contributed by atoms with Gasteiger partial charge in [0.15, 0.2) is 6.61 Å². The first kappa shape index (κ1) is 20.6. The van der Waals surface area contributed by atoms with Crippen LogP contribution in [0.2, 0.25) is 0 Å². The maximum atomic E-state index is 12.3. The fourth-order valence-corrected chi connectivity index (χ4v) is 3.43. The fourth-order valence-electron chi connectivity index (χ4n) is 3.43. The second-order valence-corrected chi connectivity index (χ2v) is 6.88. The summed E-state index contributed by atoms with van der Waals surface area (Å²) in [5, 5.41) is 0. The Morgan fingerprint density at radius 3 is 2.62 bits per heavy atom. The highest BCUT2D eigenvalue weighted by Gasteiger charge is 2.29. The molecule has 0 bridgehead atoms. The van der Waals surface area contributed by atoms with E-state index in [-0.39, 0.29) is 43.3 Å². The summed E-state index contributed by atoms with van der Waals surface area (Å²) in [4.78, 5) is 51.3. The second kappa shape index (κ2) is 9.40. The molecule has 0 spiro atoms. The van der Waals surface area contributed by atoms with Crippen LogP contribution in [0.1, 0.15) is 19.3 Å². The summed E-state index contributed by atoms with van der Waals surface area (Å²) in [6.07, 6.45) is 1.19. The third kappa shape index (κ3) is 5.04. The number of rotatable bonds is 5. The van der Waals surface area contributed by atoms with E-state index in [2.05, 4.69) is 0 Å². The monoisotopic (exact) mass is 404 g/mol. The van der Waals surface area contributed by atoms with E-state index in [1.54, 1.807) is 29.2 Å². The van der Waals surface area contributed by atoms with Gasteiger partial charge < -0.3 is 19.1 Å². The van der Waals surface area contributed by atoms with E-state index in [0.29, 0.717) is 37.4 Å². The molecule has 0 radical (unpaired) electrons. The zero-order valence-electron chi connectivity index (χ0n) is 16.3. The van der Waals surface area contributed by atoms with Gasteiger partial charge in [-0.1, -0.05) is 12.1 Å². The molecule has 2 aliphatic rings. The Bertz CT molecular complexity index is 787. The molecule has 1 saturated heterocycles. The van der Waals surface area contributed by atoms with Crippen molar-refractivity contribution in [3.63, 3.8) is 0 Å². The molecule has 156 valence electrons. The summed E-state index contributed by atoms with van der Waals surface area (Å²) >= 11 is 0. The van der Waals surface area contributed by atoms with Gasteiger partial charge in [0.2, 0.25) is 5.91 Å². The van der Waals surface area contributed by atoms with Crippen molar-refractivity contribution < 1.29 is 33.4 Å². The van der Waals surface area contributed by atoms with Gasteiger partial charge in [0, 0.05) is 13.1 Å². The molecule has 3 rings (SSSR count). The minimum absolute atomic E-state index is 0.149. The van der Waals surface area contributed by atoms with Crippen molar-refractivity contribution >= 4 is 29.4 Å². The van der Waals surface area contributed by atoms with Gasteiger partial charge in [-0.2, -0.15) is 0 Å². The molecule has 2 amide bonds. The number of benzene rings is 1. The van der Waals surface area contributed by atoms with E-state index in [0.717, 1.165) is 0 Å². The number of fused-ring (bicyclic) bond motifs is 1. The molecule has 0 aromatic heterocycles. The summed E-state index contributed by atoms with van der Waals surface area (Å²) in [5.41, 5.74) is 0.503. The molecule has 29 heavy (non-hydrogen) atoms. The van der Waals surface area contributed by atoms with Crippen molar-refractivity contribution in [1.82, 2.24) is 4.90 Å². The number of amides is 2. The summed E-state index contributed by atoms with van der Waals surface area (Å²) in [5.74, 6) is -1.20. The van der Waals surface area contributed by atoms with Crippen LogP contribution in [0, 0.1) is 5.92 Å². The van der Waals surface area contributed by atoms with Crippen LogP contribution in [0.5, 0.6) is 5.75 Å². The standard InChI is InChI=1S/C20H24N2O7/c1-27-20(26)14-6-9-21(10-7-14)18(24)13-29-19(25)12-22-15-4-2-3-5-16(15)28-11-8-17(22)23/h2-5,14H,6-13H2,1H3. The number of para-hydroxylation sites is 2. The highest BCUT2D eigenvalue weighted by Crippen LogP contribution is 2.30. The van der Waals surface area contributed by atoms with Crippen molar-refractivity contribution in [2.75, 3.05) is 44.9 Å². The van der Waals surface area contributed by atoms with Gasteiger partial charge in [0.25, 0.3) is 5.91 Å². The number of carbonyl (C=O) groups excluding carboxylic acids is 4. The normalized spacial score (nSPS) is 17.1. The first-order valence-corrected chi connectivity index (χ1v) is 9.53. The summed E-state index contributed by atoms with van der Waals surface area (Å²) < 4.78 is 15.4. The number of anilines is 1. The number of ether oxygens (including phenoxy) is 3. The molecule has 2 heterocycles. The van der Waals surface area contributed by atoms with Gasteiger partial charge in [-0.05, 0) is 25.0 Å². The molecular weight excluding hydrogens is 380 g/mol. The first-order chi connectivity index (χ1) is 14.0. The van der Waals surface area contributed by atoms with E-state index in [9.17, 15) is 19.2 Å². The minimum atomic E-state index is -0.673. The number of likely N-dealkylation sites (tertiary alicyclic amines) is 1. The molecule has 0 aliphatic carbocycles. The number of nitrogens with zero attached hydrogens (tertiary/aromatic N) is 2. The van der Waals surface area contributed by atoms with Gasteiger partial charge in [0.1, 0.15) is 12.3 Å². The maximum absolute atomic E-state index is 12.3. The highest BCUT2D eigenvalue weighted by atomic mass is 16.5. The van der Waals surface area contributed by atoms with Gasteiger partial charge in [-0.25, -0.2) is 0 Å². The number of hydrogen-bond acceptors (Lipinski definition) is 7. The first-order valence-electron chi connectivity index (χ1n) is 9.53. The maximum Gasteiger partial charge on any atom is 0.326 e. The van der Waals surface area contributed by atoms with Crippen LogP contribution in [0.15, 0.2) is 24.3 Å². The molecule has 2 aliphatic heterocycles. The lowest BCUT2D eigenvalue weighted by Crippen LogP contribution is -2.43. The van der Waals surface area contributed by atoms with Crippen LogP contribution in [-0.2, 0) is 28.7 Å². The minimum Gasteiger partial charge on any atom is -0.491 e. The Balaban J connectivity index is 1.50. The molecule has 0 unspecified atom stereocenters. The average Bonchev–Trinajstić information content (AvgIpc) is 2.90. The van der Waals surface area contributed by atoms with Crippen LogP contribution in [0.4, 0.5) is 5.69 Å². The molecule has 0 N–H and O–H groups in total. The Morgan fingerprint density at radius 1 is 1.17 bits per heavy atom. The fraction of sp³-hybridized carbons (Fsp3) is 0.500. The predicted octanol–water partition coefficient (Wildman–Crippen LogP) is 0.757. The van der Waals surface area contributed by atoms with Crippen molar-refractivity contribution in [3.05, 3.63) is 24.3 Å². The van der Waals surface area contributed by atoms with E-state index >= 15 is 0 Å². The van der Waals surface area contributed by atoms with Crippen molar-refractivity contribution in [2.45, 2.75) is 19.3 Å². The number of hydrogen-bond donors (Lipinski definition) is 0. The van der Waals surface area contributed by atoms with Gasteiger partial charge in [-0.3, -0.25) is 24.1 Å². The Kier molecular flexibility index (Phi) is 6.69. The second-order valence-electron chi connectivity index (χ2n) is 6.88. The lowest BCUT2D eigenvalue weighted by atomic mass is 9.97. The van der Waals surface area contributed by atoms with E-state index in [1.807, 2.05) is 0 Å². The largest absolute Gasteiger partial charge is 0.491 e. The lowest BCUT2D eigenvalue weighted by Gasteiger charge is -2.30. The molecule has 0 atom stereocenters. The molecule has 1 fully saturated rings. The van der Waals surface area contributed by atoms with E-state index < -0.39 is 12.6 Å². The van der Waals surface area contributed by atoms with Crippen LogP contribution in [-0.4, -0.2) is 68.6 Å². The van der Waals surface area contributed by atoms with Crippen LogP contribution in [0.25, 0.3) is 0 Å². The predicted molar refractivity (Wildman–Crippen MR) is 101 cm³/mol. The van der Waals surface area contributed by atoms with E-state index in [1.165, 1.54) is 12.0 Å². The highest BCUT2D eigenvalue weighted by molar-refractivity contribution is 5.99. The smallest absolute Gasteiger partial charge is 0.326 e. The Labute approximate surface area is 168 Å². The molecule has 1 aromatic carbocycles. The quantitative estimate of drug-likeness (QED) is 0.668. The topological polar surface area (TPSA) is 102 Å². The van der Waals surface area contributed by atoms with Gasteiger partial charge >= 0.3 is 11.9 Å². The lowest BCUT2D eigenvalue weighted by molar-refractivity contribution is -0.153. The molecule has 9 heteroatoms. The third-order valence-electron chi connectivity index (χ3n) is 5.06. The van der Waals surface area contributed by atoms with Gasteiger partial charge in [0.05, 0.1) is 31.7 Å². The Morgan fingerprint density at radius 2 is 1.90 bits per heavy atom. The number of methoxy groups -OCH3 is 1. The van der Waals surface area contributed by atoms with Crippen LogP contribution < -0.4 is 9.64 Å². The van der Waals surface area contributed by atoms with Crippen molar-refractivity contribution in [1.29, 1.82) is 0 Å². The zero-order valence-corrected chi connectivity index (χ0v) is 16.3. The summed E-state index contributed by atoms with van der Waals surface area (Å²) in [6.45, 7) is 0.358. The number of piperidine rings is 1. The molecule has 9 nitrogen and oxygen atoms in total. The zero-order chi connectivity index (χ0) is 20.8. The third-order valence-corrected chi connectivity index (χ3v) is 5.06. The molecule has 0 saturated carbocycles. The number of esters is 2. The van der Waals surface area contributed by atoms with E-state index in [4.69, 9.17) is 14.2 Å². The molecule has 1 aromatic rings. The van der Waals surface area contributed by atoms with Crippen LogP contribution in [0.3, 0.4) is 0 Å². The summed E-state index contributed by atoms with van der Waals surface area (Å²) in [6, 6.07) is 6.96. The SMILES string of the molecule is COC(=O)C1CCN(C(=O)COC(=O)CN2C(=O)CCOc3ccccc32)CC1. The average molecular weight is 404 g/mol. The number of carbonyl (C=O) groups is 4. The molecular formula is C20H24N2O7. The van der Waals surface area contributed by atoms with Crippen molar-refractivity contribution in [3.8, 4) is 5.75 Å². The van der Waals surface area contributed by atoms with Crippen LogP contribution >= 0.6 is 0 Å². The van der Waals surface area contributed by atoms with Gasteiger partial charge in [-0.15, -0.1) is 0 Å². The van der Waals surface area contributed by atoms with Crippen molar-refractivity contribution in [2.24, 2.45) is 5.92 Å².